The minimum atomic E-state index is -0.0111. The maximum atomic E-state index is 11.7. The number of nitrogens with zero attached hydrogens (tertiary/aromatic N) is 5. The first-order valence-corrected chi connectivity index (χ1v) is 15.4. The van der Waals surface area contributed by atoms with Gasteiger partial charge >= 0.3 is 0 Å². The molecule has 231 valence electrons. The van der Waals surface area contributed by atoms with Crippen LogP contribution in [0.2, 0.25) is 15.5 Å². The molecule has 5 rings (SSSR count). The van der Waals surface area contributed by atoms with Gasteiger partial charge in [0.05, 0.1) is 43.1 Å². The zero-order chi connectivity index (χ0) is 30.3. The van der Waals surface area contributed by atoms with Gasteiger partial charge in [-0.15, -0.1) is 0 Å². The number of hydrogen-bond donors (Lipinski definition) is 1. The summed E-state index contributed by atoms with van der Waals surface area (Å²) in [5.74, 6) is 0.0383. The van der Waals surface area contributed by atoms with E-state index in [4.69, 9.17) is 49.4 Å². The average Bonchev–Trinajstić information content (AvgIpc) is 3.02. The SMILES string of the molecule is CCC(=O)c1cc(CN2CCOCC2)cnc1Cl.Clc1[c-]cc(CN2CCOCC2)cn1.OCc1cnc(Cl)c(Br)c1.[Y]. The van der Waals surface area contributed by atoms with Gasteiger partial charge in [0.25, 0.3) is 0 Å². The Morgan fingerprint density at radius 2 is 1.42 bits per heavy atom. The molecule has 2 saturated heterocycles. The molecule has 43 heavy (non-hydrogen) atoms. The number of pyridine rings is 3. The molecule has 14 heteroatoms. The zero-order valence-electron chi connectivity index (χ0n) is 23.9. The maximum Gasteiger partial charge on any atom is 0.165 e. The van der Waals surface area contributed by atoms with Crippen molar-refractivity contribution in [3.05, 3.63) is 85.0 Å². The van der Waals surface area contributed by atoms with E-state index in [-0.39, 0.29) is 45.1 Å². The van der Waals surface area contributed by atoms with Gasteiger partial charge in [-0.3, -0.25) is 14.7 Å². The summed E-state index contributed by atoms with van der Waals surface area (Å²) in [7, 11) is 0. The van der Waals surface area contributed by atoms with Crippen LogP contribution >= 0.6 is 50.7 Å². The molecule has 3 aromatic heterocycles. The van der Waals surface area contributed by atoms with Crippen LogP contribution < -0.4 is 0 Å². The van der Waals surface area contributed by atoms with E-state index in [1.807, 2.05) is 19.1 Å². The molecule has 0 aliphatic carbocycles. The standard InChI is InChI=1S/C13H17ClN2O2.C10H12ClN2O.C6H5BrClNO.Y/c1-2-12(17)11-7-10(8-15-13(11)14)9-16-3-5-18-6-4-16;11-10-2-1-9(7-12-10)8-13-3-5-14-6-4-13;7-5-1-4(3-10)2-9-6(5)8;/h7-8H,2-6,9H2,1H3;1,7H,3-6,8H2;1-2,10H,3H2;/q;-1;;. The van der Waals surface area contributed by atoms with Crippen LogP contribution in [0, 0.1) is 6.07 Å². The second-order valence-electron chi connectivity index (χ2n) is 9.42. The Balaban J connectivity index is 0.000000232. The van der Waals surface area contributed by atoms with Gasteiger partial charge in [-0.25, -0.2) is 22.1 Å². The van der Waals surface area contributed by atoms with Crippen LogP contribution in [0.5, 0.6) is 0 Å². The fourth-order valence-corrected chi connectivity index (χ4v) is 4.81. The van der Waals surface area contributed by atoms with Crippen LogP contribution in [0.25, 0.3) is 0 Å². The Labute approximate surface area is 301 Å². The summed E-state index contributed by atoms with van der Waals surface area (Å²) in [5, 5.41) is 9.79. The molecular weight excluding hydrogens is 758 g/mol. The van der Waals surface area contributed by atoms with Crippen LogP contribution in [-0.2, 0) is 61.9 Å². The van der Waals surface area contributed by atoms with Crippen LogP contribution in [0.15, 0.2) is 41.3 Å². The molecule has 2 aliphatic heterocycles. The van der Waals surface area contributed by atoms with Crippen molar-refractivity contribution < 1.29 is 52.1 Å². The molecule has 5 heterocycles. The summed E-state index contributed by atoms with van der Waals surface area (Å²) in [6.07, 6.45) is 5.52. The number of aromatic nitrogens is 3. The minimum Gasteiger partial charge on any atom is -0.392 e. The summed E-state index contributed by atoms with van der Waals surface area (Å²) >= 11 is 20.4. The van der Waals surface area contributed by atoms with Crippen molar-refractivity contribution in [1.82, 2.24) is 24.8 Å². The van der Waals surface area contributed by atoms with Crippen molar-refractivity contribution in [1.29, 1.82) is 0 Å². The molecule has 2 aliphatic rings. The van der Waals surface area contributed by atoms with E-state index in [9.17, 15) is 4.79 Å². The number of Topliss-reactive ketones (excluding diaryl/α,β-unsaturated/α-hetero) is 1. The van der Waals surface area contributed by atoms with Gasteiger partial charge in [0.2, 0.25) is 0 Å². The van der Waals surface area contributed by atoms with Crippen molar-refractivity contribution in [2.75, 3.05) is 52.6 Å². The Bertz CT molecular complexity index is 1270. The van der Waals surface area contributed by atoms with E-state index in [0.717, 1.165) is 82.4 Å². The molecule has 0 atom stereocenters. The summed E-state index contributed by atoms with van der Waals surface area (Å²) in [5.41, 5.74) is 3.45. The Hall–Kier alpha value is -0.626. The molecule has 1 radical (unpaired) electrons. The molecule has 0 saturated carbocycles. The second kappa shape index (κ2) is 21.2. The molecule has 0 bridgehead atoms. The van der Waals surface area contributed by atoms with Crippen LogP contribution in [0.3, 0.4) is 0 Å². The van der Waals surface area contributed by atoms with Crippen LogP contribution in [-0.4, -0.2) is 88.2 Å². The van der Waals surface area contributed by atoms with Gasteiger partial charge in [0.1, 0.15) is 10.3 Å². The van der Waals surface area contributed by atoms with Crippen LogP contribution in [0.1, 0.15) is 40.4 Å². The number of ketones is 1. The van der Waals surface area contributed by atoms with E-state index in [1.165, 1.54) is 6.20 Å². The number of morpholine rings is 2. The third-order valence-electron chi connectivity index (χ3n) is 6.29. The van der Waals surface area contributed by atoms with E-state index in [2.05, 4.69) is 46.7 Å². The third kappa shape index (κ3) is 14.1. The van der Waals surface area contributed by atoms with Gasteiger partial charge < -0.3 is 19.5 Å². The van der Waals surface area contributed by atoms with Gasteiger partial charge in [-0.1, -0.05) is 41.7 Å². The van der Waals surface area contributed by atoms with Gasteiger partial charge in [-0.2, -0.15) is 5.56 Å². The molecule has 3 aromatic rings. The van der Waals surface area contributed by atoms with E-state index >= 15 is 0 Å². The van der Waals surface area contributed by atoms with Crippen LogP contribution in [0.4, 0.5) is 0 Å². The Morgan fingerprint density at radius 1 is 0.884 bits per heavy atom. The minimum absolute atomic E-state index is 0. The quantitative estimate of drug-likeness (QED) is 0.189. The topological polar surface area (TPSA) is 101 Å². The molecule has 0 amide bonds. The van der Waals surface area contributed by atoms with Gasteiger partial charge in [0.15, 0.2) is 5.78 Å². The number of ether oxygens (including phenoxy) is 2. The molecule has 2 fully saturated rings. The molecule has 1 N–H and O–H groups in total. The van der Waals surface area contributed by atoms with Gasteiger partial charge in [-0.05, 0) is 51.9 Å². The maximum absolute atomic E-state index is 11.7. The number of rotatable bonds is 7. The summed E-state index contributed by atoms with van der Waals surface area (Å²) in [6, 6.07) is 8.37. The zero-order valence-corrected chi connectivity index (χ0v) is 30.6. The molecule has 0 aromatic carbocycles. The molecule has 0 unspecified atom stereocenters. The normalized spacial score (nSPS) is 15.3. The van der Waals surface area contributed by atoms with Crippen molar-refractivity contribution in [3.63, 3.8) is 0 Å². The van der Waals surface area contributed by atoms with Crippen molar-refractivity contribution in [2.45, 2.75) is 33.0 Å². The van der Waals surface area contributed by atoms with E-state index < -0.39 is 0 Å². The number of aliphatic hydroxyl groups is 1. The number of aliphatic hydroxyl groups excluding tert-OH is 1. The summed E-state index contributed by atoms with van der Waals surface area (Å²) < 4.78 is 11.3. The average molecular weight is 792 g/mol. The van der Waals surface area contributed by atoms with Crippen molar-refractivity contribution >= 4 is 56.5 Å². The second-order valence-corrected chi connectivity index (χ2v) is 11.4. The first kappa shape index (κ1) is 38.6. The van der Waals surface area contributed by atoms with E-state index in [1.54, 1.807) is 18.5 Å². The van der Waals surface area contributed by atoms with E-state index in [0.29, 0.717) is 31.9 Å². The molecule has 0 spiro atoms. The number of hydrogen-bond acceptors (Lipinski definition) is 9. The summed E-state index contributed by atoms with van der Waals surface area (Å²) in [4.78, 5) is 28.2. The molecule has 9 nitrogen and oxygen atoms in total. The largest absolute Gasteiger partial charge is 0.392 e. The number of carbonyl (C=O) groups excluding carboxylic acids is 1. The Morgan fingerprint density at radius 3 is 1.93 bits per heavy atom. The fraction of sp³-hybridized carbons (Fsp3) is 0.448. The van der Waals surface area contributed by atoms with Gasteiger partial charge in [0, 0.05) is 89.4 Å². The number of carbonyl (C=O) groups is 1. The molecular formula is C29H34BrCl3N5O4Y-. The smallest absolute Gasteiger partial charge is 0.165 e. The number of halogens is 4. The van der Waals surface area contributed by atoms with Crippen molar-refractivity contribution in [2.24, 2.45) is 0 Å². The predicted octanol–water partition coefficient (Wildman–Crippen LogP) is 5.51. The third-order valence-corrected chi connectivity index (χ3v) is 7.93. The predicted molar refractivity (Wildman–Crippen MR) is 167 cm³/mol. The summed E-state index contributed by atoms with van der Waals surface area (Å²) in [6.45, 7) is 10.5. The monoisotopic (exact) mass is 789 g/mol. The first-order chi connectivity index (χ1) is 20.3. The fourth-order valence-electron chi connectivity index (χ4n) is 4.00. The van der Waals surface area contributed by atoms with Crippen molar-refractivity contribution in [3.8, 4) is 0 Å². The Kier molecular flexibility index (Phi) is 19.0. The first-order valence-electron chi connectivity index (χ1n) is 13.5.